The number of nitrogens with zero attached hydrogens (tertiary/aromatic N) is 2. The van der Waals surface area contributed by atoms with Gasteiger partial charge in [-0.25, -0.2) is 9.79 Å². The lowest BCUT2D eigenvalue weighted by molar-refractivity contribution is -0.129. The van der Waals surface area contributed by atoms with Crippen LogP contribution in [0.25, 0.3) is 0 Å². The number of aliphatic imine (C=N–C) groups is 1. The van der Waals surface area contributed by atoms with E-state index >= 15 is 0 Å². The molecule has 6 heteroatoms. The summed E-state index contributed by atoms with van der Waals surface area (Å²) >= 11 is 2.12. The van der Waals surface area contributed by atoms with Gasteiger partial charge in [0.05, 0.1) is 18.0 Å². The average molecular weight is 450 g/mol. The molecule has 1 heterocycles. The minimum atomic E-state index is -1.00. The number of hydrogen-bond donors (Lipinski definition) is 1. The zero-order chi connectivity index (χ0) is 17.8. The molecule has 0 amide bonds. The van der Waals surface area contributed by atoms with Gasteiger partial charge >= 0.3 is 5.97 Å². The molecule has 0 spiro atoms. The highest BCUT2D eigenvalue weighted by Gasteiger charge is 2.32. The summed E-state index contributed by atoms with van der Waals surface area (Å²) in [5, 5.41) is 9.48. The van der Waals surface area contributed by atoms with E-state index in [1.165, 1.54) is 0 Å². The highest BCUT2D eigenvalue weighted by molar-refractivity contribution is 14.1. The van der Waals surface area contributed by atoms with Crippen molar-refractivity contribution in [1.29, 1.82) is 0 Å². The first kappa shape index (κ1) is 17.7. The normalized spacial score (nSPS) is 16.2. The van der Waals surface area contributed by atoms with Crippen molar-refractivity contribution in [3.63, 3.8) is 0 Å². The van der Waals surface area contributed by atoms with Crippen LogP contribution >= 0.6 is 22.6 Å². The second-order valence-electron chi connectivity index (χ2n) is 5.69. The highest BCUT2D eigenvalue weighted by atomic mass is 127. The number of rotatable bonds is 6. The Morgan fingerprint density at radius 2 is 1.96 bits per heavy atom. The third-order valence-electron chi connectivity index (χ3n) is 3.94. The van der Waals surface area contributed by atoms with Crippen molar-refractivity contribution in [1.82, 2.24) is 0 Å². The minimum absolute atomic E-state index is 0.127. The molecule has 25 heavy (non-hydrogen) atoms. The Hall–Kier alpha value is -2.09. The van der Waals surface area contributed by atoms with Crippen LogP contribution in [0.3, 0.4) is 0 Å². The minimum Gasteiger partial charge on any atom is -0.494 e. The number of unbranched alkanes of at least 4 members (excludes halogenated alkanes) is 1. The number of benzene rings is 2. The smallest absolute Gasteiger partial charge is 0.353 e. The van der Waals surface area contributed by atoms with Crippen LogP contribution < -0.4 is 9.64 Å². The van der Waals surface area contributed by atoms with E-state index in [4.69, 9.17) is 4.74 Å². The maximum atomic E-state index is 11.6. The van der Waals surface area contributed by atoms with Gasteiger partial charge < -0.3 is 14.7 Å². The zero-order valence-electron chi connectivity index (χ0n) is 13.9. The molecule has 1 aliphatic rings. The molecule has 0 fully saturated rings. The molecule has 3 rings (SSSR count). The standard InChI is InChI=1S/C19H19IN2O3/c1-2-3-12-25-14-10-8-13(9-11-14)22-16-7-5-4-6-15(16)21-17(18(22)20)19(23)24/h4-11,18H,2-3,12H2,1H3,(H,23,24). The van der Waals surface area contributed by atoms with Gasteiger partial charge in [0.25, 0.3) is 0 Å². The lowest BCUT2D eigenvalue weighted by atomic mass is 10.1. The van der Waals surface area contributed by atoms with E-state index in [1.54, 1.807) is 0 Å². The molecule has 130 valence electrons. The number of fused-ring (bicyclic) bond motifs is 1. The van der Waals surface area contributed by atoms with Gasteiger partial charge in [0.15, 0.2) is 5.71 Å². The van der Waals surface area contributed by atoms with Crippen molar-refractivity contribution in [2.75, 3.05) is 11.5 Å². The van der Waals surface area contributed by atoms with Crippen LogP contribution in [0.15, 0.2) is 53.5 Å². The molecule has 5 nitrogen and oxygen atoms in total. The van der Waals surface area contributed by atoms with E-state index in [1.807, 2.05) is 53.4 Å². The molecule has 0 saturated heterocycles. The Bertz CT molecular complexity index is 790. The van der Waals surface area contributed by atoms with Crippen molar-refractivity contribution in [2.24, 2.45) is 4.99 Å². The van der Waals surface area contributed by atoms with Gasteiger partial charge in [-0.15, -0.1) is 0 Å². The van der Waals surface area contributed by atoms with Crippen LogP contribution in [0.1, 0.15) is 19.8 Å². The molecule has 1 atom stereocenters. The Balaban J connectivity index is 1.92. The Morgan fingerprint density at radius 3 is 2.64 bits per heavy atom. The highest BCUT2D eigenvalue weighted by Crippen LogP contribution is 2.41. The maximum absolute atomic E-state index is 11.6. The second kappa shape index (κ2) is 7.86. The molecule has 1 aliphatic heterocycles. The van der Waals surface area contributed by atoms with Crippen LogP contribution in [-0.4, -0.2) is 27.4 Å². The molecule has 1 unspecified atom stereocenters. The maximum Gasteiger partial charge on any atom is 0.353 e. The van der Waals surface area contributed by atoms with Gasteiger partial charge in [-0.3, -0.25) is 0 Å². The SMILES string of the molecule is CCCCOc1ccc(N2c3ccccc3N=C(C(=O)O)C2I)cc1. The lowest BCUT2D eigenvalue weighted by Crippen LogP contribution is -2.39. The first-order valence-electron chi connectivity index (χ1n) is 8.19. The molecule has 0 radical (unpaired) electrons. The van der Waals surface area contributed by atoms with Crippen LogP contribution in [0.2, 0.25) is 0 Å². The number of hydrogen-bond acceptors (Lipinski definition) is 4. The summed E-state index contributed by atoms with van der Waals surface area (Å²) in [6, 6.07) is 15.3. The first-order valence-corrected chi connectivity index (χ1v) is 9.43. The summed E-state index contributed by atoms with van der Waals surface area (Å²) in [6.45, 7) is 2.83. The fraction of sp³-hybridized carbons (Fsp3) is 0.263. The zero-order valence-corrected chi connectivity index (χ0v) is 16.0. The van der Waals surface area contributed by atoms with E-state index < -0.39 is 10.0 Å². The molecular formula is C19H19IN2O3. The lowest BCUT2D eigenvalue weighted by Gasteiger charge is -2.34. The summed E-state index contributed by atoms with van der Waals surface area (Å²) in [5.74, 6) is -0.182. The summed E-state index contributed by atoms with van der Waals surface area (Å²) < 4.78 is 5.31. The number of carboxylic acids is 1. The van der Waals surface area contributed by atoms with E-state index in [0.717, 1.165) is 30.0 Å². The average Bonchev–Trinajstić information content (AvgIpc) is 2.62. The number of halogens is 1. The topological polar surface area (TPSA) is 62.1 Å². The van der Waals surface area contributed by atoms with Crippen molar-refractivity contribution >= 4 is 51.3 Å². The third-order valence-corrected chi connectivity index (χ3v) is 5.08. The van der Waals surface area contributed by atoms with E-state index in [2.05, 4.69) is 34.5 Å². The van der Waals surface area contributed by atoms with E-state index in [-0.39, 0.29) is 5.71 Å². The van der Waals surface area contributed by atoms with Gasteiger partial charge in [-0.1, -0.05) is 48.1 Å². The number of anilines is 2. The Labute approximate surface area is 160 Å². The number of alkyl halides is 1. The molecule has 0 aromatic heterocycles. The van der Waals surface area contributed by atoms with Gasteiger partial charge in [0.2, 0.25) is 0 Å². The molecular weight excluding hydrogens is 431 g/mol. The fourth-order valence-corrected chi connectivity index (χ4v) is 3.67. The van der Waals surface area contributed by atoms with Crippen molar-refractivity contribution in [3.05, 3.63) is 48.5 Å². The third kappa shape index (κ3) is 3.78. The quantitative estimate of drug-likeness (QED) is 0.293. The molecule has 2 aromatic rings. The van der Waals surface area contributed by atoms with Crippen molar-refractivity contribution < 1.29 is 14.6 Å². The summed E-state index contributed by atoms with van der Waals surface area (Å²) in [7, 11) is 0. The van der Waals surface area contributed by atoms with Crippen LogP contribution in [-0.2, 0) is 4.79 Å². The number of carbonyl (C=O) groups is 1. The summed E-state index contributed by atoms with van der Waals surface area (Å²) in [5.41, 5.74) is 2.59. The van der Waals surface area contributed by atoms with Crippen molar-refractivity contribution in [3.8, 4) is 5.75 Å². The Kier molecular flexibility index (Phi) is 5.57. The molecule has 1 N–H and O–H groups in total. The first-order chi connectivity index (χ1) is 12.1. The fourth-order valence-electron chi connectivity index (χ4n) is 2.65. The van der Waals surface area contributed by atoms with Crippen LogP contribution in [0.4, 0.5) is 17.1 Å². The summed E-state index contributed by atoms with van der Waals surface area (Å²) in [6.07, 6.45) is 2.12. The van der Waals surface area contributed by atoms with Gasteiger partial charge in [0.1, 0.15) is 9.80 Å². The molecule has 0 aliphatic carbocycles. The predicted octanol–water partition coefficient (Wildman–Crippen LogP) is 4.94. The van der Waals surface area contributed by atoms with E-state index in [9.17, 15) is 9.90 Å². The summed E-state index contributed by atoms with van der Waals surface area (Å²) in [4.78, 5) is 17.9. The van der Waals surface area contributed by atoms with Crippen LogP contribution in [0, 0.1) is 0 Å². The Morgan fingerprint density at radius 1 is 1.24 bits per heavy atom. The number of aliphatic carboxylic acids is 1. The monoisotopic (exact) mass is 450 g/mol. The molecule has 0 bridgehead atoms. The van der Waals surface area contributed by atoms with Crippen LogP contribution in [0.5, 0.6) is 5.75 Å². The van der Waals surface area contributed by atoms with Gasteiger partial charge in [-0.05, 0) is 42.8 Å². The largest absolute Gasteiger partial charge is 0.494 e. The molecule has 2 aromatic carbocycles. The van der Waals surface area contributed by atoms with Crippen molar-refractivity contribution in [2.45, 2.75) is 23.8 Å². The molecule has 0 saturated carbocycles. The predicted molar refractivity (Wildman–Crippen MR) is 108 cm³/mol. The van der Waals surface area contributed by atoms with E-state index in [0.29, 0.717) is 12.3 Å². The number of para-hydroxylation sites is 2. The number of carboxylic acid groups (broad SMARTS) is 1. The number of ether oxygens (including phenoxy) is 1. The van der Waals surface area contributed by atoms with Gasteiger partial charge in [-0.2, -0.15) is 0 Å². The van der Waals surface area contributed by atoms with Gasteiger partial charge in [0, 0.05) is 5.69 Å². The second-order valence-corrected chi connectivity index (χ2v) is 6.87.